The number of carbonyl (C=O) groups excluding carboxylic acids is 2. The Morgan fingerprint density at radius 2 is 1.40 bits per heavy atom. The van der Waals surface area contributed by atoms with E-state index in [0.29, 0.717) is 10.5 Å². The molecule has 7 heteroatoms. The van der Waals surface area contributed by atoms with Crippen molar-refractivity contribution >= 4 is 22.6 Å². The first kappa shape index (κ1) is 25.0. The van der Waals surface area contributed by atoms with Crippen molar-refractivity contribution in [3.8, 4) is 0 Å². The van der Waals surface area contributed by atoms with E-state index in [1.165, 1.54) is 6.07 Å². The Labute approximate surface area is 205 Å². The van der Waals surface area contributed by atoms with Crippen molar-refractivity contribution in [3.05, 3.63) is 90.0 Å². The van der Waals surface area contributed by atoms with Gasteiger partial charge < -0.3 is 4.74 Å². The predicted octanol–water partition coefficient (Wildman–Crippen LogP) is 7.26. The zero-order chi connectivity index (χ0) is 24.8. The molecule has 0 saturated heterocycles. The van der Waals surface area contributed by atoms with E-state index in [0.717, 1.165) is 41.9 Å². The van der Waals surface area contributed by atoms with Crippen molar-refractivity contribution in [1.29, 1.82) is 0 Å². The molecule has 0 aromatic heterocycles. The van der Waals surface area contributed by atoms with E-state index in [2.05, 4.69) is 4.74 Å². The molecule has 3 nitrogen and oxygen atoms in total. The first-order valence-corrected chi connectivity index (χ1v) is 12.8. The number of hydrogen-bond acceptors (Lipinski definition) is 3. The Balaban J connectivity index is 1.80. The molecular weight excluding hydrogens is 473 g/mol. The molecule has 4 rings (SSSR count). The topological polar surface area (TPSA) is 43.4 Å². The second kappa shape index (κ2) is 11.1. The highest BCUT2D eigenvalue weighted by atomic mass is 32.2. The fourth-order valence-corrected chi connectivity index (χ4v) is 6.55. The summed E-state index contributed by atoms with van der Waals surface area (Å²) in [7, 11) is -0.791. The second-order valence-electron chi connectivity index (χ2n) is 8.53. The van der Waals surface area contributed by atoms with Gasteiger partial charge in [0.15, 0.2) is 27.1 Å². The van der Waals surface area contributed by atoms with Crippen molar-refractivity contribution in [2.45, 2.75) is 53.0 Å². The highest BCUT2D eigenvalue weighted by Crippen LogP contribution is 2.35. The molecule has 3 aromatic carbocycles. The van der Waals surface area contributed by atoms with Crippen LogP contribution in [0.3, 0.4) is 0 Å². The third-order valence-electron chi connectivity index (χ3n) is 6.00. The zero-order valence-electron chi connectivity index (χ0n) is 19.1. The second-order valence-corrected chi connectivity index (χ2v) is 10.5. The van der Waals surface area contributed by atoms with Gasteiger partial charge in [0, 0.05) is 11.5 Å². The number of esters is 1. The van der Waals surface area contributed by atoms with Gasteiger partial charge >= 0.3 is 12.1 Å². The number of hydrogen-bond donors (Lipinski definition) is 0. The molecule has 35 heavy (non-hydrogen) atoms. The van der Waals surface area contributed by atoms with Gasteiger partial charge in [0.2, 0.25) is 0 Å². The van der Waals surface area contributed by atoms with E-state index in [4.69, 9.17) is 0 Å². The molecule has 0 radical (unpaired) electrons. The average molecular weight is 500 g/mol. The van der Waals surface area contributed by atoms with Crippen LogP contribution in [0.5, 0.6) is 0 Å². The maximum Gasteiger partial charge on any atom is 0.422 e. The molecule has 182 valence electrons. The van der Waals surface area contributed by atoms with Crippen molar-refractivity contribution in [1.82, 2.24) is 0 Å². The van der Waals surface area contributed by atoms with E-state index in [9.17, 15) is 22.8 Å². The molecule has 0 bridgehead atoms. The van der Waals surface area contributed by atoms with E-state index in [1.54, 1.807) is 12.1 Å². The summed E-state index contributed by atoms with van der Waals surface area (Å²) in [6.07, 6.45) is -0.0405. The Bertz CT molecular complexity index is 1120. The van der Waals surface area contributed by atoms with Crippen LogP contribution < -0.4 is 0 Å². The summed E-state index contributed by atoms with van der Waals surface area (Å²) < 4.78 is 43.2. The largest absolute Gasteiger partial charge is 0.452 e. The Morgan fingerprint density at radius 1 is 0.829 bits per heavy atom. The molecule has 0 amide bonds. The molecule has 1 fully saturated rings. The average Bonchev–Trinajstić information content (AvgIpc) is 2.88. The standard InChI is InChI=1S/C28H26F3O3S/c29-28(30,31)19-34-27(33)24-18-21(26(32)20-10-4-1-5-11-20)16-17-25(24)35(22-12-6-2-7-13-22)23-14-8-3-9-15-23/h2-3,6-9,12-18,20H,1,4-5,10-11,19H2/q+1. The van der Waals surface area contributed by atoms with Gasteiger partial charge in [-0.3, -0.25) is 4.79 Å². The van der Waals surface area contributed by atoms with Crippen molar-refractivity contribution in [2.75, 3.05) is 6.61 Å². The van der Waals surface area contributed by atoms with Gasteiger partial charge in [-0.15, -0.1) is 0 Å². The molecule has 1 aliphatic carbocycles. The normalized spacial score (nSPS) is 14.6. The molecule has 1 saturated carbocycles. The fourth-order valence-electron chi connectivity index (χ4n) is 4.35. The van der Waals surface area contributed by atoms with Crippen LogP contribution in [0.25, 0.3) is 0 Å². The maximum atomic E-state index is 13.2. The number of ether oxygens (including phenoxy) is 1. The van der Waals surface area contributed by atoms with Gasteiger partial charge in [0.05, 0.1) is 0 Å². The molecule has 0 aliphatic heterocycles. The lowest BCUT2D eigenvalue weighted by molar-refractivity contribution is -0.161. The minimum absolute atomic E-state index is 0.00745. The maximum absolute atomic E-state index is 13.2. The zero-order valence-corrected chi connectivity index (χ0v) is 19.9. The summed E-state index contributed by atoms with van der Waals surface area (Å²) in [6, 6.07) is 23.7. The van der Waals surface area contributed by atoms with Crippen LogP contribution >= 0.6 is 0 Å². The first-order valence-electron chi connectivity index (χ1n) is 11.6. The Morgan fingerprint density at radius 3 is 1.94 bits per heavy atom. The van der Waals surface area contributed by atoms with Crippen LogP contribution in [0.2, 0.25) is 0 Å². The molecule has 1 aliphatic rings. The van der Waals surface area contributed by atoms with Crippen molar-refractivity contribution in [2.24, 2.45) is 5.92 Å². The smallest absolute Gasteiger partial charge is 0.422 e. The highest BCUT2D eigenvalue weighted by Gasteiger charge is 2.36. The summed E-state index contributed by atoms with van der Waals surface area (Å²) >= 11 is 0. The molecule has 0 unspecified atom stereocenters. The van der Waals surface area contributed by atoms with Gasteiger partial charge in [0.1, 0.15) is 16.5 Å². The summed E-state index contributed by atoms with van der Waals surface area (Å²) in [5.74, 6) is -1.28. The van der Waals surface area contributed by atoms with Crippen LogP contribution in [-0.2, 0) is 15.6 Å². The highest BCUT2D eigenvalue weighted by molar-refractivity contribution is 7.97. The van der Waals surface area contributed by atoms with Gasteiger partial charge in [-0.1, -0.05) is 55.7 Å². The molecule has 0 spiro atoms. The van der Waals surface area contributed by atoms with Crippen LogP contribution in [0.4, 0.5) is 13.2 Å². The first-order chi connectivity index (χ1) is 16.8. The van der Waals surface area contributed by atoms with Crippen LogP contribution in [0.15, 0.2) is 93.5 Å². The van der Waals surface area contributed by atoms with E-state index >= 15 is 0 Å². The number of Topliss-reactive ketones (excluding diaryl/α,β-unsaturated/α-hetero) is 1. The van der Waals surface area contributed by atoms with Crippen LogP contribution in [0, 0.1) is 5.92 Å². The summed E-state index contributed by atoms with van der Waals surface area (Å²) in [5.41, 5.74) is 0.330. The van der Waals surface area contributed by atoms with Crippen molar-refractivity contribution in [3.63, 3.8) is 0 Å². The minimum Gasteiger partial charge on any atom is -0.452 e. The number of halogens is 3. The van der Waals surface area contributed by atoms with Gasteiger partial charge in [-0.2, -0.15) is 13.2 Å². The number of ketones is 1. The number of alkyl halides is 3. The van der Waals surface area contributed by atoms with Crippen molar-refractivity contribution < 1.29 is 27.5 Å². The lowest BCUT2D eigenvalue weighted by atomic mass is 9.83. The minimum atomic E-state index is -4.65. The van der Waals surface area contributed by atoms with Gasteiger partial charge in [-0.25, -0.2) is 4.79 Å². The lowest BCUT2D eigenvalue weighted by Gasteiger charge is -2.21. The van der Waals surface area contributed by atoms with Crippen LogP contribution in [0.1, 0.15) is 52.8 Å². The fraction of sp³-hybridized carbons (Fsp3) is 0.286. The quantitative estimate of drug-likeness (QED) is 0.195. The SMILES string of the molecule is O=C(OCC(F)(F)F)c1cc(C(=O)C2CCCCC2)ccc1[S+](c1ccccc1)c1ccccc1. The summed E-state index contributed by atoms with van der Waals surface area (Å²) in [5, 5.41) is 0. The Kier molecular flexibility index (Phi) is 7.96. The third-order valence-corrected chi connectivity index (χ3v) is 8.29. The summed E-state index contributed by atoms with van der Waals surface area (Å²) in [6.45, 7) is -1.68. The number of carbonyl (C=O) groups is 2. The van der Waals surface area contributed by atoms with Gasteiger partial charge in [0.25, 0.3) is 0 Å². The number of benzene rings is 3. The van der Waals surface area contributed by atoms with Gasteiger partial charge in [-0.05, 0) is 55.3 Å². The molecule has 0 N–H and O–H groups in total. The number of rotatable bonds is 7. The summed E-state index contributed by atoms with van der Waals surface area (Å²) in [4.78, 5) is 28.5. The lowest BCUT2D eigenvalue weighted by Crippen LogP contribution is -2.23. The molecular formula is C28H26F3O3S+. The molecule has 3 aromatic rings. The molecule has 0 heterocycles. The monoisotopic (exact) mass is 499 g/mol. The van der Waals surface area contributed by atoms with E-state index in [-0.39, 0.29) is 17.3 Å². The van der Waals surface area contributed by atoms with E-state index < -0.39 is 29.6 Å². The molecule has 0 atom stereocenters. The Hall–Kier alpha value is -3.06. The van der Waals surface area contributed by atoms with Crippen LogP contribution in [-0.4, -0.2) is 24.5 Å². The predicted molar refractivity (Wildman–Crippen MR) is 129 cm³/mol. The van der Waals surface area contributed by atoms with E-state index in [1.807, 2.05) is 60.7 Å². The third kappa shape index (κ3) is 6.34.